The third-order valence-electron chi connectivity index (χ3n) is 6.39. The molecule has 0 spiro atoms. The molecule has 2 amide bonds. The summed E-state index contributed by atoms with van der Waals surface area (Å²) in [6.07, 6.45) is 0.733. The van der Waals surface area contributed by atoms with Gasteiger partial charge in [0.05, 0.1) is 17.7 Å². The predicted molar refractivity (Wildman–Crippen MR) is 156 cm³/mol. The zero-order valence-corrected chi connectivity index (χ0v) is 24.9. The Balaban J connectivity index is 2.01. The Labute approximate surface area is 239 Å². The minimum absolute atomic E-state index is 0.0574. The first-order chi connectivity index (χ1) is 18.6. The molecular weight excluding hydrogens is 582 g/mol. The molecule has 1 N–H and O–H groups in total. The third kappa shape index (κ3) is 7.83. The smallest absolute Gasteiger partial charge is 0.264 e. The molecule has 3 rings (SSSR count). The van der Waals surface area contributed by atoms with Crippen LogP contribution in [0.3, 0.4) is 0 Å². The van der Waals surface area contributed by atoms with Crippen LogP contribution >= 0.6 is 15.9 Å². The van der Waals surface area contributed by atoms with Crippen molar-refractivity contribution in [3.63, 3.8) is 0 Å². The van der Waals surface area contributed by atoms with Gasteiger partial charge in [0.1, 0.15) is 18.3 Å². The maximum Gasteiger partial charge on any atom is 0.264 e. The summed E-state index contributed by atoms with van der Waals surface area (Å²) < 4.78 is 34.5. The predicted octanol–water partition coefficient (Wildman–Crippen LogP) is 4.99. The lowest BCUT2D eigenvalue weighted by molar-refractivity contribution is -0.139. The minimum atomic E-state index is -4.10. The van der Waals surface area contributed by atoms with E-state index in [1.165, 1.54) is 17.0 Å². The highest BCUT2D eigenvalue weighted by Crippen LogP contribution is 2.27. The number of benzene rings is 3. The van der Waals surface area contributed by atoms with Crippen molar-refractivity contribution in [2.24, 2.45) is 0 Å². The SMILES string of the molecule is CCC(C)NC(=O)C(C)N(Cc1ccc(OC)cc1)C(=O)CN(c1cccc(Br)c1)S(=O)(=O)c1ccccc1. The summed E-state index contributed by atoms with van der Waals surface area (Å²) in [4.78, 5) is 28.5. The number of hydrogen-bond donors (Lipinski definition) is 1. The first kappa shape index (κ1) is 30.2. The van der Waals surface area contributed by atoms with Crippen LogP contribution < -0.4 is 14.4 Å². The first-order valence-corrected chi connectivity index (χ1v) is 14.9. The summed E-state index contributed by atoms with van der Waals surface area (Å²) in [6, 6.07) is 21.0. The van der Waals surface area contributed by atoms with Crippen molar-refractivity contribution in [1.29, 1.82) is 0 Å². The molecule has 0 heterocycles. The van der Waals surface area contributed by atoms with E-state index in [9.17, 15) is 18.0 Å². The molecular formula is C29H34BrN3O5S. The van der Waals surface area contributed by atoms with Crippen molar-refractivity contribution < 1.29 is 22.7 Å². The number of carbonyl (C=O) groups is 2. The van der Waals surface area contributed by atoms with E-state index in [1.807, 2.05) is 26.0 Å². The Hall–Kier alpha value is -3.37. The van der Waals surface area contributed by atoms with Gasteiger partial charge in [-0.05, 0) is 68.3 Å². The van der Waals surface area contributed by atoms with E-state index in [2.05, 4.69) is 21.2 Å². The number of ether oxygens (including phenoxy) is 1. The van der Waals surface area contributed by atoms with Crippen molar-refractivity contribution in [3.8, 4) is 5.75 Å². The van der Waals surface area contributed by atoms with Gasteiger partial charge in [0.25, 0.3) is 10.0 Å². The second-order valence-electron chi connectivity index (χ2n) is 9.17. The maximum atomic E-state index is 13.9. The molecule has 3 aromatic rings. The topological polar surface area (TPSA) is 96.0 Å². The summed E-state index contributed by atoms with van der Waals surface area (Å²) >= 11 is 3.40. The molecule has 0 fully saturated rings. The average Bonchev–Trinajstić information content (AvgIpc) is 2.94. The highest BCUT2D eigenvalue weighted by Gasteiger charge is 2.32. The van der Waals surface area contributed by atoms with Gasteiger partial charge in [0.15, 0.2) is 0 Å². The number of anilines is 1. The van der Waals surface area contributed by atoms with Gasteiger partial charge in [-0.3, -0.25) is 13.9 Å². The standard InChI is InChI=1S/C29H34BrN3O5S/c1-5-21(2)31-29(35)22(3)32(19-23-14-16-26(38-4)17-15-23)28(34)20-33(25-11-9-10-24(30)18-25)39(36,37)27-12-7-6-8-13-27/h6-18,21-22H,5,19-20H2,1-4H3,(H,31,35). The molecule has 3 aromatic carbocycles. The van der Waals surface area contributed by atoms with Gasteiger partial charge in [0, 0.05) is 17.1 Å². The van der Waals surface area contributed by atoms with Crippen molar-refractivity contribution in [2.75, 3.05) is 18.0 Å². The fourth-order valence-corrected chi connectivity index (χ4v) is 5.67. The molecule has 0 aliphatic carbocycles. The Bertz CT molecular complexity index is 1370. The number of methoxy groups -OCH3 is 1. The van der Waals surface area contributed by atoms with E-state index in [0.717, 1.165) is 16.3 Å². The van der Waals surface area contributed by atoms with Gasteiger partial charge in [0.2, 0.25) is 11.8 Å². The van der Waals surface area contributed by atoms with Crippen LogP contribution in [0.25, 0.3) is 0 Å². The molecule has 0 saturated carbocycles. The van der Waals surface area contributed by atoms with E-state index < -0.39 is 28.5 Å². The largest absolute Gasteiger partial charge is 0.497 e. The number of nitrogens with one attached hydrogen (secondary N) is 1. The van der Waals surface area contributed by atoms with Crippen LogP contribution in [0, 0.1) is 0 Å². The van der Waals surface area contributed by atoms with Gasteiger partial charge in [-0.1, -0.05) is 59.3 Å². The van der Waals surface area contributed by atoms with Gasteiger partial charge < -0.3 is 15.0 Å². The fraction of sp³-hybridized carbons (Fsp3) is 0.310. The second-order valence-corrected chi connectivity index (χ2v) is 11.9. The lowest BCUT2D eigenvalue weighted by atomic mass is 10.1. The van der Waals surface area contributed by atoms with E-state index in [4.69, 9.17) is 4.74 Å². The Morgan fingerprint density at radius 3 is 2.23 bits per heavy atom. The minimum Gasteiger partial charge on any atom is -0.497 e. The monoisotopic (exact) mass is 615 g/mol. The van der Waals surface area contributed by atoms with E-state index in [0.29, 0.717) is 15.9 Å². The summed E-state index contributed by atoms with van der Waals surface area (Å²) in [5.74, 6) is -0.169. The van der Waals surface area contributed by atoms with Crippen LogP contribution in [0.5, 0.6) is 5.75 Å². The van der Waals surface area contributed by atoms with Crippen LogP contribution in [0.4, 0.5) is 5.69 Å². The zero-order valence-electron chi connectivity index (χ0n) is 22.5. The lowest BCUT2D eigenvalue weighted by Crippen LogP contribution is -2.52. The average molecular weight is 617 g/mol. The highest BCUT2D eigenvalue weighted by molar-refractivity contribution is 9.10. The third-order valence-corrected chi connectivity index (χ3v) is 8.67. The Morgan fingerprint density at radius 2 is 1.64 bits per heavy atom. The summed E-state index contributed by atoms with van der Waals surface area (Å²) in [7, 11) is -2.54. The Morgan fingerprint density at radius 1 is 0.974 bits per heavy atom. The molecule has 0 bridgehead atoms. The Kier molecular flexibility index (Phi) is 10.5. The number of sulfonamides is 1. The van der Waals surface area contributed by atoms with Crippen molar-refractivity contribution >= 4 is 43.5 Å². The van der Waals surface area contributed by atoms with Crippen LogP contribution in [0.15, 0.2) is 88.2 Å². The number of carbonyl (C=O) groups excluding carboxylic acids is 2. The number of rotatable bonds is 12. The summed E-state index contributed by atoms with van der Waals surface area (Å²) in [5.41, 5.74) is 1.09. The second kappa shape index (κ2) is 13.6. The summed E-state index contributed by atoms with van der Waals surface area (Å²) in [6.45, 7) is 5.11. The molecule has 8 nitrogen and oxygen atoms in total. The molecule has 0 radical (unpaired) electrons. The van der Waals surface area contributed by atoms with Crippen molar-refractivity contribution in [1.82, 2.24) is 10.2 Å². The molecule has 39 heavy (non-hydrogen) atoms. The quantitative estimate of drug-likeness (QED) is 0.310. The molecule has 0 aromatic heterocycles. The number of amides is 2. The van der Waals surface area contributed by atoms with Crippen LogP contribution in [0.1, 0.15) is 32.8 Å². The van der Waals surface area contributed by atoms with Gasteiger partial charge >= 0.3 is 0 Å². The molecule has 208 valence electrons. The molecule has 2 unspecified atom stereocenters. The lowest BCUT2D eigenvalue weighted by Gasteiger charge is -2.32. The highest BCUT2D eigenvalue weighted by atomic mass is 79.9. The normalized spacial score (nSPS) is 12.7. The van der Waals surface area contributed by atoms with Crippen LogP contribution in [0.2, 0.25) is 0 Å². The van der Waals surface area contributed by atoms with Gasteiger partial charge in [-0.25, -0.2) is 8.42 Å². The van der Waals surface area contributed by atoms with E-state index in [-0.39, 0.29) is 23.4 Å². The molecule has 0 saturated heterocycles. The maximum absolute atomic E-state index is 13.9. The molecule has 10 heteroatoms. The first-order valence-electron chi connectivity index (χ1n) is 12.6. The number of nitrogens with zero attached hydrogens (tertiary/aromatic N) is 2. The molecule has 2 atom stereocenters. The molecule has 0 aliphatic rings. The molecule has 0 aliphatic heterocycles. The zero-order chi connectivity index (χ0) is 28.6. The van der Waals surface area contributed by atoms with E-state index >= 15 is 0 Å². The van der Waals surface area contributed by atoms with Crippen molar-refractivity contribution in [3.05, 3.63) is 88.9 Å². The van der Waals surface area contributed by atoms with Crippen molar-refractivity contribution in [2.45, 2.75) is 50.7 Å². The summed E-state index contributed by atoms with van der Waals surface area (Å²) in [5, 5.41) is 2.93. The van der Waals surface area contributed by atoms with Crippen LogP contribution in [-0.2, 0) is 26.2 Å². The van der Waals surface area contributed by atoms with E-state index in [1.54, 1.807) is 68.6 Å². The van der Waals surface area contributed by atoms with Gasteiger partial charge in [-0.2, -0.15) is 0 Å². The van der Waals surface area contributed by atoms with Gasteiger partial charge in [-0.15, -0.1) is 0 Å². The fourth-order valence-electron chi connectivity index (χ4n) is 3.86. The number of halogens is 1. The number of hydrogen-bond acceptors (Lipinski definition) is 5. The van der Waals surface area contributed by atoms with Crippen LogP contribution in [-0.4, -0.2) is 50.9 Å².